The maximum absolute atomic E-state index is 12.6. The molecule has 3 rings (SSSR count). The van der Waals surface area contributed by atoms with Crippen molar-refractivity contribution >= 4 is 34.9 Å². The average Bonchev–Trinajstić information content (AvgIpc) is 2.81. The van der Waals surface area contributed by atoms with Crippen LogP contribution < -0.4 is 10.1 Å². The van der Waals surface area contributed by atoms with Crippen LogP contribution >= 0.6 is 23.2 Å². The second-order valence-electron chi connectivity index (χ2n) is 7.46. The fourth-order valence-corrected chi connectivity index (χ4v) is 3.43. The number of benzene rings is 3. The smallest absolute Gasteiger partial charge is 0.449 e. The van der Waals surface area contributed by atoms with Crippen LogP contribution in [0, 0.1) is 0 Å². The Morgan fingerprint density at radius 1 is 0.824 bits per heavy atom. The largest absolute Gasteiger partial charge is 0.484 e. The molecule has 0 aliphatic carbocycles. The van der Waals surface area contributed by atoms with Gasteiger partial charge in [0.25, 0.3) is 5.91 Å². The summed E-state index contributed by atoms with van der Waals surface area (Å²) in [5.74, 6) is -1.77. The molecule has 0 fully saturated rings. The number of nitrogens with one attached hydrogen (secondary N) is 1. The number of aryl methyl sites for hydroxylation is 1. The molecule has 0 aliphatic rings. The van der Waals surface area contributed by atoms with Gasteiger partial charge in [0.1, 0.15) is 5.75 Å². The van der Waals surface area contributed by atoms with Gasteiger partial charge in [-0.05, 0) is 59.5 Å². The van der Waals surface area contributed by atoms with E-state index in [9.17, 15) is 22.8 Å². The van der Waals surface area contributed by atoms with E-state index in [1.807, 2.05) is 24.3 Å². The monoisotopic (exact) mass is 509 g/mol. The molecule has 0 unspecified atom stereocenters. The Balaban J connectivity index is 1.60. The van der Waals surface area contributed by atoms with Crippen LogP contribution in [0.5, 0.6) is 5.75 Å². The van der Waals surface area contributed by atoms with Crippen molar-refractivity contribution in [1.29, 1.82) is 0 Å². The molecule has 34 heavy (non-hydrogen) atoms. The molecule has 9 heteroatoms. The minimum absolute atomic E-state index is 0.0387. The molecule has 4 nitrogen and oxygen atoms in total. The average molecular weight is 510 g/mol. The van der Waals surface area contributed by atoms with Gasteiger partial charge >= 0.3 is 6.18 Å². The lowest BCUT2D eigenvalue weighted by Crippen LogP contribution is -2.33. The summed E-state index contributed by atoms with van der Waals surface area (Å²) in [5, 5.41) is 4.06. The van der Waals surface area contributed by atoms with Crippen molar-refractivity contribution in [1.82, 2.24) is 5.32 Å². The molecule has 0 heterocycles. The summed E-state index contributed by atoms with van der Waals surface area (Å²) in [5.41, 5.74) is 2.19. The quantitative estimate of drug-likeness (QED) is 0.366. The number of alkyl halides is 3. The molecule has 0 bridgehead atoms. The topological polar surface area (TPSA) is 55.4 Å². The zero-order valence-electron chi connectivity index (χ0n) is 17.7. The van der Waals surface area contributed by atoms with Gasteiger partial charge in [-0.2, -0.15) is 13.2 Å². The summed E-state index contributed by atoms with van der Waals surface area (Å²) < 4.78 is 42.5. The first-order valence-corrected chi connectivity index (χ1v) is 11.0. The summed E-state index contributed by atoms with van der Waals surface area (Å²) in [7, 11) is 0. The highest BCUT2D eigenvalue weighted by atomic mass is 35.5. The van der Waals surface area contributed by atoms with Crippen molar-refractivity contribution in [3.05, 3.63) is 99.5 Å². The molecule has 3 aromatic rings. The van der Waals surface area contributed by atoms with Crippen LogP contribution in [-0.4, -0.2) is 24.5 Å². The second kappa shape index (κ2) is 11.4. The van der Waals surface area contributed by atoms with Crippen molar-refractivity contribution in [2.24, 2.45) is 0 Å². The summed E-state index contributed by atoms with van der Waals surface area (Å²) in [6.45, 7) is -0.274. The molecule has 0 radical (unpaired) electrons. The van der Waals surface area contributed by atoms with Crippen LogP contribution in [0.2, 0.25) is 10.0 Å². The fourth-order valence-electron chi connectivity index (χ4n) is 3.17. The van der Waals surface area contributed by atoms with Crippen LogP contribution in [0.15, 0.2) is 72.8 Å². The SMILES string of the molecule is O=C(COc1ccc(CCC(=O)C(F)(F)F)cc1)NC(c1ccc(Cl)cc1)c1ccc(Cl)cc1. The Hall–Kier alpha value is -3.03. The third-order valence-corrected chi connectivity index (χ3v) is 5.47. The zero-order chi connectivity index (χ0) is 24.7. The van der Waals surface area contributed by atoms with E-state index in [4.69, 9.17) is 27.9 Å². The minimum atomic E-state index is -4.83. The number of carbonyl (C=O) groups excluding carboxylic acids is 2. The summed E-state index contributed by atoms with van der Waals surface area (Å²) in [6.07, 6.45) is -5.49. The lowest BCUT2D eigenvalue weighted by atomic mass is 9.98. The number of ether oxygens (including phenoxy) is 1. The van der Waals surface area contributed by atoms with Crippen LogP contribution in [0.3, 0.4) is 0 Å². The lowest BCUT2D eigenvalue weighted by Gasteiger charge is -2.20. The van der Waals surface area contributed by atoms with Crippen molar-refractivity contribution in [2.45, 2.75) is 25.1 Å². The minimum Gasteiger partial charge on any atom is -0.484 e. The number of amides is 1. The van der Waals surface area contributed by atoms with Gasteiger partial charge in [0.05, 0.1) is 6.04 Å². The van der Waals surface area contributed by atoms with E-state index >= 15 is 0 Å². The number of carbonyl (C=O) groups is 2. The predicted octanol–water partition coefficient (Wildman–Crippen LogP) is 6.34. The zero-order valence-corrected chi connectivity index (χ0v) is 19.3. The summed E-state index contributed by atoms with van der Waals surface area (Å²) >= 11 is 12.0. The highest BCUT2D eigenvalue weighted by Gasteiger charge is 2.37. The van der Waals surface area contributed by atoms with E-state index < -0.39 is 24.4 Å². The first-order chi connectivity index (χ1) is 16.1. The fraction of sp³-hybridized carbons (Fsp3) is 0.200. The predicted molar refractivity (Wildman–Crippen MR) is 124 cm³/mol. The van der Waals surface area contributed by atoms with Gasteiger partial charge in [-0.25, -0.2) is 0 Å². The van der Waals surface area contributed by atoms with Crippen molar-refractivity contribution < 1.29 is 27.5 Å². The molecule has 1 amide bonds. The number of ketones is 1. The Morgan fingerprint density at radius 3 is 1.79 bits per heavy atom. The maximum atomic E-state index is 12.6. The van der Waals surface area contributed by atoms with E-state index in [1.165, 1.54) is 12.1 Å². The third-order valence-electron chi connectivity index (χ3n) is 4.96. The van der Waals surface area contributed by atoms with Gasteiger partial charge in [-0.1, -0.05) is 59.6 Å². The number of hydrogen-bond donors (Lipinski definition) is 1. The van der Waals surface area contributed by atoms with Gasteiger partial charge < -0.3 is 10.1 Å². The molecule has 0 spiro atoms. The van der Waals surface area contributed by atoms with E-state index in [1.54, 1.807) is 36.4 Å². The third kappa shape index (κ3) is 7.50. The highest BCUT2D eigenvalue weighted by Crippen LogP contribution is 2.25. The molecule has 0 saturated carbocycles. The Kier molecular flexibility index (Phi) is 8.58. The Morgan fingerprint density at radius 2 is 1.32 bits per heavy atom. The normalized spacial score (nSPS) is 11.4. The van der Waals surface area contributed by atoms with E-state index in [2.05, 4.69) is 5.32 Å². The summed E-state index contributed by atoms with van der Waals surface area (Å²) in [4.78, 5) is 23.6. The molecule has 0 aromatic heterocycles. The molecule has 0 atom stereocenters. The first kappa shape index (κ1) is 25.6. The Labute approximate surface area is 204 Å². The van der Waals surface area contributed by atoms with Gasteiger partial charge in [0.2, 0.25) is 5.78 Å². The molecular formula is C25H20Cl2F3NO3. The van der Waals surface area contributed by atoms with E-state index in [0.717, 1.165) is 11.1 Å². The lowest BCUT2D eigenvalue weighted by molar-refractivity contribution is -0.171. The van der Waals surface area contributed by atoms with Gasteiger partial charge in [0.15, 0.2) is 6.61 Å². The number of hydrogen-bond acceptors (Lipinski definition) is 3. The van der Waals surface area contributed by atoms with Crippen LogP contribution in [-0.2, 0) is 16.0 Å². The Bertz CT molecular complexity index is 1070. The van der Waals surface area contributed by atoms with Gasteiger partial charge in [0, 0.05) is 16.5 Å². The molecule has 1 N–H and O–H groups in total. The first-order valence-electron chi connectivity index (χ1n) is 10.2. The van der Waals surface area contributed by atoms with Gasteiger partial charge in [-0.3, -0.25) is 9.59 Å². The standard InChI is InChI=1S/C25H20Cl2F3NO3/c26-19-8-4-17(5-9-19)24(18-6-10-20(27)11-7-18)31-23(33)15-34-21-12-1-16(2-13-21)3-14-22(32)25(28,29)30/h1-2,4-13,24H,3,14-15H2,(H,31,33). The van der Waals surface area contributed by atoms with Crippen LogP contribution in [0.1, 0.15) is 29.2 Å². The summed E-state index contributed by atoms with van der Waals surface area (Å²) in [6, 6.07) is 19.9. The van der Waals surface area contributed by atoms with Crippen LogP contribution in [0.4, 0.5) is 13.2 Å². The van der Waals surface area contributed by atoms with E-state index in [-0.39, 0.29) is 18.9 Å². The van der Waals surface area contributed by atoms with E-state index in [0.29, 0.717) is 21.4 Å². The second-order valence-corrected chi connectivity index (χ2v) is 8.33. The molecular weight excluding hydrogens is 490 g/mol. The van der Waals surface area contributed by atoms with Crippen molar-refractivity contribution in [3.8, 4) is 5.75 Å². The van der Waals surface area contributed by atoms with Crippen molar-refractivity contribution in [3.63, 3.8) is 0 Å². The van der Waals surface area contributed by atoms with Crippen molar-refractivity contribution in [2.75, 3.05) is 6.61 Å². The molecule has 0 saturated heterocycles. The highest BCUT2D eigenvalue weighted by molar-refractivity contribution is 6.30. The molecule has 3 aromatic carbocycles. The maximum Gasteiger partial charge on any atom is 0.449 e. The van der Waals surface area contributed by atoms with Gasteiger partial charge in [-0.15, -0.1) is 0 Å². The molecule has 0 aliphatic heterocycles. The number of Topliss-reactive ketones (excluding diaryl/α,β-unsaturated/α-hetero) is 1. The van der Waals surface area contributed by atoms with Crippen LogP contribution in [0.25, 0.3) is 0 Å². The molecule has 178 valence electrons. The number of rotatable bonds is 9. The number of halogens is 5.